The van der Waals surface area contributed by atoms with Gasteiger partial charge in [-0.25, -0.2) is 0 Å². The summed E-state index contributed by atoms with van der Waals surface area (Å²) in [5.41, 5.74) is 3.78. The standard InChI is InChI=1S/C25H23N5O2/c31-24(21-15-27-28-23(21)19-10-5-2-6-11-19)26-14-20-17-29-13-7-12-22(29)25(32)30(20)16-18-8-3-1-4-9-18/h1-13,15,20H,14,16-17H2,(H,26,31)(H,27,28). The van der Waals surface area contributed by atoms with E-state index in [2.05, 4.69) is 15.5 Å². The van der Waals surface area contributed by atoms with Crippen LogP contribution in [0.25, 0.3) is 11.3 Å². The van der Waals surface area contributed by atoms with Crippen molar-refractivity contribution in [1.82, 2.24) is 25.0 Å². The first-order chi connectivity index (χ1) is 15.7. The minimum Gasteiger partial charge on any atom is -0.350 e. The van der Waals surface area contributed by atoms with Gasteiger partial charge in [-0.1, -0.05) is 60.7 Å². The molecular formula is C25H23N5O2. The van der Waals surface area contributed by atoms with E-state index in [-0.39, 0.29) is 17.9 Å². The molecule has 0 aliphatic carbocycles. The van der Waals surface area contributed by atoms with Gasteiger partial charge in [-0.05, 0) is 17.7 Å². The lowest BCUT2D eigenvalue weighted by molar-refractivity contribution is 0.0563. The summed E-state index contributed by atoms with van der Waals surface area (Å²) in [5, 5.41) is 10.0. The number of fused-ring (bicyclic) bond motifs is 1. The predicted octanol–water partition coefficient (Wildman–Crippen LogP) is 3.33. The lowest BCUT2D eigenvalue weighted by atomic mass is 10.1. The Morgan fingerprint density at radius 3 is 2.56 bits per heavy atom. The summed E-state index contributed by atoms with van der Waals surface area (Å²) in [6.07, 6.45) is 3.45. The topological polar surface area (TPSA) is 83.0 Å². The van der Waals surface area contributed by atoms with Crippen molar-refractivity contribution in [3.05, 3.63) is 102 Å². The van der Waals surface area contributed by atoms with Gasteiger partial charge in [-0.3, -0.25) is 14.7 Å². The number of rotatable bonds is 6. The normalized spacial score (nSPS) is 15.4. The zero-order chi connectivity index (χ0) is 21.9. The number of nitrogens with one attached hydrogen (secondary N) is 2. The molecule has 2 amide bonds. The summed E-state index contributed by atoms with van der Waals surface area (Å²) in [5.74, 6) is -0.249. The van der Waals surface area contributed by atoms with Crippen molar-refractivity contribution in [2.75, 3.05) is 6.54 Å². The van der Waals surface area contributed by atoms with Crippen molar-refractivity contribution >= 4 is 11.8 Å². The van der Waals surface area contributed by atoms with Crippen LogP contribution in [0.3, 0.4) is 0 Å². The van der Waals surface area contributed by atoms with Crippen molar-refractivity contribution in [2.24, 2.45) is 0 Å². The van der Waals surface area contributed by atoms with Crippen molar-refractivity contribution in [3.8, 4) is 11.3 Å². The lowest BCUT2D eigenvalue weighted by Gasteiger charge is -2.37. The SMILES string of the molecule is O=C(NCC1Cn2cccc2C(=O)N1Cc1ccccc1)c1cn[nH]c1-c1ccccc1. The molecule has 0 radical (unpaired) electrons. The Kier molecular flexibility index (Phi) is 5.29. The maximum atomic E-state index is 13.2. The van der Waals surface area contributed by atoms with E-state index in [4.69, 9.17) is 0 Å². The summed E-state index contributed by atoms with van der Waals surface area (Å²) >= 11 is 0. The van der Waals surface area contributed by atoms with Gasteiger partial charge in [0.1, 0.15) is 5.69 Å². The predicted molar refractivity (Wildman–Crippen MR) is 121 cm³/mol. The molecule has 2 N–H and O–H groups in total. The molecule has 32 heavy (non-hydrogen) atoms. The second-order valence-corrected chi connectivity index (χ2v) is 7.85. The molecule has 0 saturated carbocycles. The highest BCUT2D eigenvalue weighted by molar-refractivity contribution is 6.00. The molecule has 0 bridgehead atoms. The van der Waals surface area contributed by atoms with Crippen LogP contribution in [0.2, 0.25) is 0 Å². The van der Waals surface area contributed by atoms with Gasteiger partial charge in [-0.15, -0.1) is 0 Å². The highest BCUT2D eigenvalue weighted by Gasteiger charge is 2.32. The first-order valence-corrected chi connectivity index (χ1v) is 10.6. The molecule has 2 aromatic heterocycles. The van der Waals surface area contributed by atoms with Crippen molar-refractivity contribution < 1.29 is 9.59 Å². The van der Waals surface area contributed by atoms with E-state index < -0.39 is 0 Å². The van der Waals surface area contributed by atoms with Crippen LogP contribution in [0.4, 0.5) is 0 Å². The molecule has 3 heterocycles. The number of carbonyl (C=O) groups is 2. The van der Waals surface area contributed by atoms with E-state index in [0.717, 1.165) is 11.1 Å². The van der Waals surface area contributed by atoms with Crippen molar-refractivity contribution in [3.63, 3.8) is 0 Å². The molecule has 0 saturated heterocycles. The van der Waals surface area contributed by atoms with Gasteiger partial charge in [0.05, 0.1) is 23.5 Å². The molecule has 1 aliphatic rings. The largest absolute Gasteiger partial charge is 0.350 e. The van der Waals surface area contributed by atoms with Gasteiger partial charge >= 0.3 is 0 Å². The van der Waals surface area contributed by atoms with Gasteiger partial charge in [0, 0.05) is 31.4 Å². The second-order valence-electron chi connectivity index (χ2n) is 7.85. The quantitative estimate of drug-likeness (QED) is 0.497. The summed E-state index contributed by atoms with van der Waals surface area (Å²) in [6, 6.07) is 23.1. The van der Waals surface area contributed by atoms with E-state index >= 15 is 0 Å². The number of H-pyrrole nitrogens is 1. The third-order valence-corrected chi connectivity index (χ3v) is 5.80. The molecule has 7 nitrogen and oxygen atoms in total. The average Bonchev–Trinajstić information content (AvgIpc) is 3.51. The van der Waals surface area contributed by atoms with Crippen molar-refractivity contribution in [1.29, 1.82) is 0 Å². The number of aromatic amines is 1. The van der Waals surface area contributed by atoms with E-state index in [1.54, 1.807) is 0 Å². The zero-order valence-electron chi connectivity index (χ0n) is 17.4. The molecule has 1 atom stereocenters. The first-order valence-electron chi connectivity index (χ1n) is 10.6. The van der Waals surface area contributed by atoms with Crippen LogP contribution >= 0.6 is 0 Å². The number of nitrogens with zero attached hydrogens (tertiary/aromatic N) is 3. The third kappa shape index (κ3) is 3.80. The van der Waals surface area contributed by atoms with Crippen LogP contribution in [0, 0.1) is 0 Å². The number of amides is 2. The minimum absolute atomic E-state index is 0.0300. The monoisotopic (exact) mass is 425 g/mol. The number of carbonyl (C=O) groups excluding carboxylic acids is 2. The van der Waals surface area contributed by atoms with Crippen molar-refractivity contribution in [2.45, 2.75) is 19.1 Å². The molecule has 2 aromatic carbocycles. The first kappa shape index (κ1) is 19.8. The maximum Gasteiger partial charge on any atom is 0.271 e. The molecule has 1 aliphatic heterocycles. The molecule has 7 heteroatoms. The zero-order valence-corrected chi connectivity index (χ0v) is 17.4. The molecule has 4 aromatic rings. The number of hydrogen-bond donors (Lipinski definition) is 2. The van der Waals surface area contributed by atoms with Crippen LogP contribution in [-0.4, -0.2) is 44.1 Å². The molecule has 1 unspecified atom stereocenters. The van der Waals surface area contributed by atoms with Crippen LogP contribution in [0.5, 0.6) is 0 Å². The second kappa shape index (κ2) is 8.55. The Hall–Kier alpha value is -4.13. The summed E-state index contributed by atoms with van der Waals surface area (Å²) in [7, 11) is 0. The van der Waals surface area contributed by atoms with Gasteiger partial charge in [0.2, 0.25) is 0 Å². The maximum absolute atomic E-state index is 13.2. The van der Waals surface area contributed by atoms with Crippen LogP contribution in [-0.2, 0) is 13.1 Å². The van der Waals surface area contributed by atoms with E-state index in [1.165, 1.54) is 6.20 Å². The molecule has 0 fully saturated rings. The van der Waals surface area contributed by atoms with Gasteiger partial charge in [0.15, 0.2) is 0 Å². The Balaban J connectivity index is 1.35. The Morgan fingerprint density at radius 1 is 1.03 bits per heavy atom. The average molecular weight is 425 g/mol. The van der Waals surface area contributed by atoms with E-state index in [0.29, 0.717) is 36.6 Å². The van der Waals surface area contributed by atoms with Gasteiger partial charge in [0.25, 0.3) is 11.8 Å². The highest BCUT2D eigenvalue weighted by Crippen LogP contribution is 2.22. The Morgan fingerprint density at radius 2 is 1.78 bits per heavy atom. The van der Waals surface area contributed by atoms with Crippen LogP contribution in [0.15, 0.2) is 85.2 Å². The Labute approximate surface area is 185 Å². The highest BCUT2D eigenvalue weighted by atomic mass is 16.2. The third-order valence-electron chi connectivity index (χ3n) is 5.80. The summed E-state index contributed by atoms with van der Waals surface area (Å²) in [4.78, 5) is 28.0. The van der Waals surface area contributed by atoms with Gasteiger partial charge < -0.3 is 14.8 Å². The fraction of sp³-hybridized carbons (Fsp3) is 0.160. The van der Waals surface area contributed by atoms with Crippen LogP contribution in [0.1, 0.15) is 26.4 Å². The fourth-order valence-electron chi connectivity index (χ4n) is 4.15. The Bertz CT molecular complexity index is 1230. The molecule has 160 valence electrons. The number of aromatic nitrogens is 3. The fourth-order valence-corrected chi connectivity index (χ4v) is 4.15. The van der Waals surface area contributed by atoms with Crippen LogP contribution < -0.4 is 5.32 Å². The number of benzene rings is 2. The smallest absolute Gasteiger partial charge is 0.271 e. The van der Waals surface area contributed by atoms with E-state index in [1.807, 2.05) is 88.5 Å². The lowest BCUT2D eigenvalue weighted by Crippen LogP contribution is -2.52. The summed E-state index contributed by atoms with van der Waals surface area (Å²) in [6.45, 7) is 1.46. The van der Waals surface area contributed by atoms with Gasteiger partial charge in [-0.2, -0.15) is 5.10 Å². The molecule has 0 spiro atoms. The molecule has 5 rings (SSSR count). The number of hydrogen-bond acceptors (Lipinski definition) is 3. The molecular weight excluding hydrogens is 402 g/mol. The minimum atomic E-state index is -0.219. The summed E-state index contributed by atoms with van der Waals surface area (Å²) < 4.78 is 1.95. The van der Waals surface area contributed by atoms with E-state index in [9.17, 15) is 9.59 Å².